The minimum Gasteiger partial charge on any atom is -0.481 e. The Hall–Kier alpha value is -2.38. The lowest BCUT2D eigenvalue weighted by molar-refractivity contribution is -0.144. The van der Waals surface area contributed by atoms with Crippen molar-refractivity contribution in [3.8, 4) is 11.3 Å². The fraction of sp³-hybridized carbons (Fsp3) is 0.267. The van der Waals surface area contributed by atoms with Crippen molar-refractivity contribution in [2.75, 3.05) is 11.9 Å². The zero-order valence-corrected chi connectivity index (χ0v) is 13.1. The fourth-order valence-corrected chi connectivity index (χ4v) is 2.11. The zero-order valence-electron chi connectivity index (χ0n) is 12.4. The number of nitrogens with zero attached hydrogens (tertiary/aromatic N) is 2. The van der Waals surface area contributed by atoms with Gasteiger partial charge < -0.3 is 15.5 Å². The van der Waals surface area contributed by atoms with Crippen LogP contribution >= 0.6 is 11.6 Å². The highest BCUT2D eigenvalue weighted by molar-refractivity contribution is 6.30. The van der Waals surface area contributed by atoms with Crippen molar-refractivity contribution in [1.82, 2.24) is 9.78 Å². The number of rotatable bonds is 6. The van der Waals surface area contributed by atoms with E-state index in [1.54, 1.807) is 24.3 Å². The second-order valence-corrected chi connectivity index (χ2v) is 5.36. The summed E-state index contributed by atoms with van der Waals surface area (Å²) in [4.78, 5) is 22.8. The van der Waals surface area contributed by atoms with E-state index in [-0.39, 0.29) is 13.2 Å². The largest absolute Gasteiger partial charge is 0.481 e. The molecule has 0 saturated heterocycles. The van der Waals surface area contributed by atoms with Gasteiger partial charge in [-0.1, -0.05) is 23.7 Å². The summed E-state index contributed by atoms with van der Waals surface area (Å²) in [6.07, 6.45) is 0. The molecule has 0 aliphatic heterocycles. The summed E-state index contributed by atoms with van der Waals surface area (Å²) in [6, 6.07) is 8.63. The van der Waals surface area contributed by atoms with Crippen LogP contribution in [0.5, 0.6) is 0 Å². The molecule has 1 unspecified atom stereocenters. The number of hydrogen-bond donors (Lipinski definition) is 3. The molecular formula is C15H16ClN3O4. The summed E-state index contributed by atoms with van der Waals surface area (Å²) in [5.41, 5.74) is 1.30. The number of aromatic nitrogens is 2. The molecule has 0 fully saturated rings. The van der Waals surface area contributed by atoms with E-state index in [2.05, 4.69) is 10.4 Å². The molecule has 0 spiro atoms. The summed E-state index contributed by atoms with van der Waals surface area (Å²) in [5, 5.41) is 25.4. The Labute approximate surface area is 137 Å². The van der Waals surface area contributed by atoms with Crippen LogP contribution in [0.3, 0.4) is 0 Å². The van der Waals surface area contributed by atoms with E-state index >= 15 is 0 Å². The molecule has 8 heteroatoms. The first-order valence-electron chi connectivity index (χ1n) is 6.90. The molecule has 7 nitrogen and oxygen atoms in total. The second-order valence-electron chi connectivity index (χ2n) is 4.92. The van der Waals surface area contributed by atoms with Crippen molar-refractivity contribution < 1.29 is 19.8 Å². The minimum atomic E-state index is -1.22. The van der Waals surface area contributed by atoms with Crippen molar-refractivity contribution in [3.63, 3.8) is 0 Å². The summed E-state index contributed by atoms with van der Waals surface area (Å²) in [6.45, 7) is 1.29. The molecule has 1 aromatic heterocycles. The summed E-state index contributed by atoms with van der Waals surface area (Å²) in [7, 11) is 0. The predicted octanol–water partition coefficient (Wildman–Crippen LogP) is 1.85. The molecular weight excluding hydrogens is 322 g/mol. The van der Waals surface area contributed by atoms with E-state index in [1.165, 1.54) is 11.6 Å². The summed E-state index contributed by atoms with van der Waals surface area (Å²) < 4.78 is 1.41. The van der Waals surface area contributed by atoms with Crippen LogP contribution in [0.25, 0.3) is 11.3 Å². The molecule has 2 aromatic rings. The van der Waals surface area contributed by atoms with E-state index in [1.807, 2.05) is 6.07 Å². The number of carbonyl (C=O) groups excluding carboxylic acids is 1. The Kier molecular flexibility index (Phi) is 5.36. The maximum atomic E-state index is 11.9. The van der Waals surface area contributed by atoms with Crippen molar-refractivity contribution in [1.29, 1.82) is 0 Å². The topological polar surface area (TPSA) is 104 Å². The van der Waals surface area contributed by atoms with Gasteiger partial charge in [0.1, 0.15) is 11.7 Å². The fourth-order valence-electron chi connectivity index (χ4n) is 1.92. The van der Waals surface area contributed by atoms with Crippen LogP contribution in [-0.2, 0) is 16.1 Å². The quantitative estimate of drug-likeness (QED) is 0.698. The number of halogens is 1. The number of aliphatic hydroxyl groups is 1. The molecule has 0 aliphatic carbocycles. The van der Waals surface area contributed by atoms with Crippen molar-refractivity contribution in [2.45, 2.75) is 13.5 Å². The maximum Gasteiger partial charge on any atom is 0.315 e. The number of hydrogen-bond acceptors (Lipinski definition) is 4. The maximum absolute atomic E-state index is 11.9. The highest BCUT2D eigenvalue weighted by Gasteiger charge is 2.22. The van der Waals surface area contributed by atoms with E-state index < -0.39 is 17.8 Å². The Bertz CT molecular complexity index is 729. The lowest BCUT2D eigenvalue weighted by atomic mass is 10.1. The van der Waals surface area contributed by atoms with Crippen molar-refractivity contribution in [3.05, 3.63) is 35.4 Å². The van der Waals surface area contributed by atoms with Crippen molar-refractivity contribution >= 4 is 29.3 Å². The third-order valence-electron chi connectivity index (χ3n) is 3.23. The van der Waals surface area contributed by atoms with Gasteiger partial charge in [-0.2, -0.15) is 5.10 Å². The number of carbonyl (C=O) groups is 2. The lowest BCUT2D eigenvalue weighted by Crippen LogP contribution is -2.28. The number of nitrogens with one attached hydrogen (secondary N) is 1. The molecule has 1 amide bonds. The van der Waals surface area contributed by atoms with Gasteiger partial charge in [0, 0.05) is 16.7 Å². The average molecular weight is 338 g/mol. The molecule has 23 heavy (non-hydrogen) atoms. The van der Waals surface area contributed by atoms with Gasteiger partial charge in [0.25, 0.3) is 0 Å². The predicted molar refractivity (Wildman–Crippen MR) is 85.2 cm³/mol. The van der Waals surface area contributed by atoms with Gasteiger partial charge >= 0.3 is 5.97 Å². The van der Waals surface area contributed by atoms with Crippen LogP contribution in [0.1, 0.15) is 6.92 Å². The van der Waals surface area contributed by atoms with Gasteiger partial charge in [0.15, 0.2) is 0 Å². The number of benzene rings is 1. The normalized spacial score (nSPS) is 12.0. The smallest absolute Gasteiger partial charge is 0.315 e. The number of anilines is 1. The average Bonchev–Trinajstić information content (AvgIpc) is 2.89. The van der Waals surface area contributed by atoms with E-state index in [4.69, 9.17) is 21.8 Å². The number of carboxylic acid groups (broad SMARTS) is 1. The molecule has 1 atom stereocenters. The van der Waals surface area contributed by atoms with Crippen LogP contribution < -0.4 is 5.32 Å². The van der Waals surface area contributed by atoms with Crippen LogP contribution in [-0.4, -0.2) is 38.5 Å². The zero-order chi connectivity index (χ0) is 17.0. The molecule has 1 aromatic carbocycles. The lowest BCUT2D eigenvalue weighted by Gasteiger charge is -2.09. The first kappa shape index (κ1) is 17.0. The van der Waals surface area contributed by atoms with Crippen LogP contribution in [0.15, 0.2) is 30.3 Å². The van der Waals surface area contributed by atoms with E-state index in [9.17, 15) is 9.59 Å². The number of aliphatic carboxylic acids is 1. The van der Waals surface area contributed by atoms with Gasteiger partial charge in [-0.25, -0.2) is 4.68 Å². The highest BCUT2D eigenvalue weighted by Crippen LogP contribution is 2.24. The Morgan fingerprint density at radius 2 is 2.13 bits per heavy atom. The van der Waals surface area contributed by atoms with Crippen LogP contribution in [0, 0.1) is 5.92 Å². The van der Waals surface area contributed by atoms with E-state index in [0.717, 1.165) is 5.56 Å². The SMILES string of the molecule is CC(C(=O)O)C(=O)Nc1cc(-c2cccc(Cl)c2)nn1CCO. The minimum absolute atomic E-state index is 0.164. The third kappa shape index (κ3) is 4.08. The highest BCUT2D eigenvalue weighted by atomic mass is 35.5. The Balaban J connectivity index is 2.32. The summed E-state index contributed by atoms with van der Waals surface area (Å²) in [5.74, 6) is -2.76. The third-order valence-corrected chi connectivity index (χ3v) is 3.46. The van der Waals surface area contributed by atoms with Gasteiger partial charge in [-0.3, -0.25) is 9.59 Å². The van der Waals surface area contributed by atoms with Gasteiger partial charge in [0.05, 0.1) is 18.8 Å². The number of amides is 1. The Morgan fingerprint density at radius 1 is 1.39 bits per heavy atom. The molecule has 0 saturated carbocycles. The molecule has 0 radical (unpaired) electrons. The summed E-state index contributed by atoms with van der Waals surface area (Å²) >= 11 is 5.95. The van der Waals surface area contributed by atoms with Gasteiger partial charge in [-0.05, 0) is 19.1 Å². The first-order valence-corrected chi connectivity index (χ1v) is 7.28. The van der Waals surface area contributed by atoms with Gasteiger partial charge in [0.2, 0.25) is 5.91 Å². The van der Waals surface area contributed by atoms with E-state index in [0.29, 0.717) is 16.5 Å². The molecule has 122 valence electrons. The molecule has 0 bridgehead atoms. The molecule has 0 aliphatic rings. The van der Waals surface area contributed by atoms with Gasteiger partial charge in [-0.15, -0.1) is 0 Å². The van der Waals surface area contributed by atoms with Crippen LogP contribution in [0.4, 0.5) is 5.82 Å². The molecule has 1 heterocycles. The van der Waals surface area contributed by atoms with Crippen molar-refractivity contribution in [2.24, 2.45) is 5.92 Å². The monoisotopic (exact) mass is 337 g/mol. The Morgan fingerprint density at radius 3 is 2.74 bits per heavy atom. The molecule has 2 rings (SSSR count). The molecule has 3 N–H and O–H groups in total. The standard InChI is InChI=1S/C15H16ClN3O4/c1-9(15(22)23)14(21)17-13-8-12(18-19(13)5-6-20)10-3-2-4-11(16)7-10/h2-4,7-9,20H,5-6H2,1H3,(H,17,21)(H,22,23). The number of carboxylic acids is 1. The number of aliphatic hydroxyl groups excluding tert-OH is 1. The first-order chi connectivity index (χ1) is 10.9. The van der Waals surface area contributed by atoms with Crippen LogP contribution in [0.2, 0.25) is 5.02 Å². The second kappa shape index (κ2) is 7.26.